The molecule has 9 heteroatoms. The minimum absolute atomic E-state index is 0.174. The number of aromatic nitrogens is 3. The minimum atomic E-state index is -0.517. The van der Waals surface area contributed by atoms with Crippen LogP contribution in [0.2, 0.25) is 5.02 Å². The van der Waals surface area contributed by atoms with Gasteiger partial charge in [0.15, 0.2) is 5.82 Å². The molecule has 0 bridgehead atoms. The van der Waals surface area contributed by atoms with Crippen LogP contribution in [0.4, 0.5) is 5.69 Å². The topological polar surface area (TPSA) is 81.1 Å². The summed E-state index contributed by atoms with van der Waals surface area (Å²) < 4.78 is 7.23. The van der Waals surface area contributed by atoms with E-state index in [1.54, 1.807) is 13.2 Å². The van der Waals surface area contributed by atoms with Crippen LogP contribution >= 0.6 is 23.4 Å². The van der Waals surface area contributed by atoms with Crippen molar-refractivity contribution in [1.82, 2.24) is 14.9 Å². The van der Waals surface area contributed by atoms with Crippen LogP contribution in [0.15, 0.2) is 84.0 Å². The fourth-order valence-electron chi connectivity index (χ4n) is 3.70. The number of ether oxygens (including phenoxy) is 1. The third-order valence-corrected chi connectivity index (χ3v) is 6.79. The van der Waals surface area contributed by atoms with Crippen LogP contribution in [0.3, 0.4) is 0 Å². The summed E-state index contributed by atoms with van der Waals surface area (Å²) in [4.78, 5) is 13.5. The Morgan fingerprint density at radius 3 is 2.52 bits per heavy atom. The number of hydrogen-bond acceptors (Lipinski definition) is 6. The molecule has 0 spiro atoms. The molecule has 7 nitrogen and oxygen atoms in total. The Hall–Kier alpha value is -3.49. The quantitative estimate of drug-likeness (QED) is 0.421. The van der Waals surface area contributed by atoms with Gasteiger partial charge in [0.1, 0.15) is 11.0 Å². The largest absolute Gasteiger partial charge is 0.495 e. The van der Waals surface area contributed by atoms with Gasteiger partial charge in [0, 0.05) is 10.6 Å². The van der Waals surface area contributed by atoms with Crippen molar-refractivity contribution in [2.24, 2.45) is 0 Å². The highest BCUT2D eigenvalue weighted by Gasteiger charge is 2.38. The number of nitrogens with one attached hydrogen (secondary N) is 2. The predicted molar refractivity (Wildman–Crippen MR) is 130 cm³/mol. The zero-order valence-electron chi connectivity index (χ0n) is 17.6. The predicted octanol–water partition coefficient (Wildman–Crippen LogP) is 5.00. The highest BCUT2D eigenvalue weighted by atomic mass is 35.5. The van der Waals surface area contributed by atoms with Gasteiger partial charge in [0.2, 0.25) is 11.1 Å². The normalized spacial score (nSPS) is 17.0. The summed E-state index contributed by atoms with van der Waals surface area (Å²) in [6, 6.07) is 24.2. The monoisotopic (exact) mass is 477 g/mol. The first kappa shape index (κ1) is 21.4. The van der Waals surface area contributed by atoms with E-state index in [0.29, 0.717) is 27.4 Å². The molecule has 1 amide bonds. The number of benzene rings is 3. The van der Waals surface area contributed by atoms with Gasteiger partial charge >= 0.3 is 0 Å². The molecule has 0 saturated heterocycles. The first-order valence-electron chi connectivity index (χ1n) is 10.3. The van der Waals surface area contributed by atoms with E-state index in [1.165, 1.54) is 11.8 Å². The lowest BCUT2D eigenvalue weighted by Crippen LogP contribution is -2.41. The Morgan fingerprint density at radius 2 is 1.76 bits per heavy atom. The molecule has 33 heavy (non-hydrogen) atoms. The number of nitrogens with zero attached hydrogens (tertiary/aromatic N) is 3. The van der Waals surface area contributed by atoms with Gasteiger partial charge in [0.05, 0.1) is 18.8 Å². The molecule has 1 aromatic heterocycles. The summed E-state index contributed by atoms with van der Waals surface area (Å²) in [5.74, 6) is 1.10. The molecule has 2 heterocycles. The van der Waals surface area contributed by atoms with E-state index in [9.17, 15) is 4.79 Å². The van der Waals surface area contributed by atoms with Crippen molar-refractivity contribution >= 4 is 35.0 Å². The highest BCUT2D eigenvalue weighted by molar-refractivity contribution is 8.00. The van der Waals surface area contributed by atoms with Gasteiger partial charge in [0.25, 0.3) is 0 Å². The average Bonchev–Trinajstić information content (AvgIpc) is 3.27. The van der Waals surface area contributed by atoms with Crippen LogP contribution < -0.4 is 15.5 Å². The Balaban J connectivity index is 1.52. The van der Waals surface area contributed by atoms with Gasteiger partial charge in [-0.1, -0.05) is 78.0 Å². The third-order valence-electron chi connectivity index (χ3n) is 5.32. The van der Waals surface area contributed by atoms with Crippen LogP contribution in [0.25, 0.3) is 11.4 Å². The molecule has 0 saturated carbocycles. The van der Waals surface area contributed by atoms with Gasteiger partial charge in [-0.05, 0) is 29.8 Å². The number of para-hydroxylation sites is 2. The molecule has 2 N–H and O–H groups in total. The highest BCUT2D eigenvalue weighted by Crippen LogP contribution is 2.39. The second-order valence-corrected chi connectivity index (χ2v) is 8.94. The lowest BCUT2D eigenvalue weighted by Gasteiger charge is -2.33. The van der Waals surface area contributed by atoms with Crippen molar-refractivity contribution < 1.29 is 9.53 Å². The fraction of sp³-hybridized carbons (Fsp3) is 0.125. The summed E-state index contributed by atoms with van der Waals surface area (Å²) in [5.41, 5.74) is 5.92. The molecule has 1 aliphatic rings. The molecular formula is C24H20ClN5O2S. The molecule has 0 unspecified atom stereocenters. The van der Waals surface area contributed by atoms with E-state index in [2.05, 4.69) is 20.9 Å². The average molecular weight is 478 g/mol. The molecular weight excluding hydrogens is 458 g/mol. The van der Waals surface area contributed by atoms with Gasteiger partial charge in [-0.25, -0.2) is 4.68 Å². The van der Waals surface area contributed by atoms with Gasteiger partial charge < -0.3 is 15.5 Å². The molecule has 4 aromatic rings. The van der Waals surface area contributed by atoms with Crippen molar-refractivity contribution in [3.8, 4) is 17.1 Å². The van der Waals surface area contributed by atoms with Gasteiger partial charge in [-0.15, -0.1) is 10.2 Å². The minimum Gasteiger partial charge on any atom is -0.495 e. The second kappa shape index (κ2) is 9.17. The fourth-order valence-corrected chi connectivity index (χ4v) is 4.91. The van der Waals surface area contributed by atoms with Crippen molar-refractivity contribution in [2.75, 3.05) is 17.9 Å². The van der Waals surface area contributed by atoms with Gasteiger partial charge in [-0.2, -0.15) is 0 Å². The summed E-state index contributed by atoms with van der Waals surface area (Å²) in [6.45, 7) is 0. The van der Waals surface area contributed by atoms with Crippen LogP contribution in [-0.2, 0) is 4.79 Å². The van der Waals surface area contributed by atoms with E-state index < -0.39 is 5.25 Å². The number of carbonyl (C=O) groups is 1. The summed E-state index contributed by atoms with van der Waals surface area (Å²) in [7, 11) is 1.58. The number of anilines is 1. The maximum absolute atomic E-state index is 13.5. The Bertz CT molecular complexity index is 1280. The molecule has 2 atom stereocenters. The van der Waals surface area contributed by atoms with Crippen molar-refractivity contribution in [2.45, 2.75) is 16.4 Å². The lowest BCUT2D eigenvalue weighted by molar-refractivity contribution is -0.116. The molecule has 0 radical (unpaired) electrons. The van der Waals surface area contributed by atoms with Gasteiger partial charge in [-0.3, -0.25) is 4.79 Å². The zero-order valence-corrected chi connectivity index (χ0v) is 19.2. The second-order valence-electron chi connectivity index (χ2n) is 7.39. The number of fused-ring (bicyclic) bond motifs is 1. The number of carbonyl (C=O) groups excluding carboxylic acids is 1. The van der Waals surface area contributed by atoms with Crippen LogP contribution in [0.1, 0.15) is 11.6 Å². The molecule has 5 rings (SSSR count). The Kier molecular flexibility index (Phi) is 5.93. The lowest BCUT2D eigenvalue weighted by atomic mass is 10.0. The molecule has 0 aliphatic carbocycles. The first-order chi connectivity index (χ1) is 16.1. The Labute approximate surface area is 200 Å². The van der Waals surface area contributed by atoms with Crippen LogP contribution in [0.5, 0.6) is 5.75 Å². The Morgan fingerprint density at radius 1 is 1.03 bits per heavy atom. The summed E-state index contributed by atoms with van der Waals surface area (Å²) in [6.07, 6.45) is 0. The maximum atomic E-state index is 13.5. The maximum Gasteiger partial charge on any atom is 0.240 e. The first-order valence-corrected chi connectivity index (χ1v) is 11.5. The van der Waals surface area contributed by atoms with E-state index >= 15 is 0 Å². The zero-order chi connectivity index (χ0) is 22.8. The SMILES string of the molecule is COc1ccccc1NC(=O)[C@H]1Sc2nnc(-c3ccccc3)n2N[C@H]1c1ccc(Cl)cc1. The number of methoxy groups -OCH3 is 1. The number of halogens is 1. The number of hydrogen-bond donors (Lipinski definition) is 2. The van der Waals surface area contributed by atoms with E-state index in [0.717, 1.165) is 11.1 Å². The standard InChI is InChI=1S/C24H20ClN5O2S/c1-32-19-10-6-5-9-18(19)26-23(31)21-20(15-11-13-17(25)14-12-15)29-30-22(27-28-24(30)33-21)16-7-3-2-4-8-16/h2-14,20-21,29H,1H3,(H,26,31)/t20-,21-/m0/s1. The molecule has 166 valence electrons. The van der Waals surface area contributed by atoms with Crippen molar-refractivity contribution in [3.05, 3.63) is 89.4 Å². The van der Waals surface area contributed by atoms with E-state index in [-0.39, 0.29) is 11.9 Å². The molecule has 3 aromatic carbocycles. The summed E-state index contributed by atoms with van der Waals surface area (Å²) in [5, 5.41) is 12.4. The van der Waals surface area contributed by atoms with Crippen LogP contribution in [-0.4, -0.2) is 33.1 Å². The van der Waals surface area contributed by atoms with Crippen molar-refractivity contribution in [1.29, 1.82) is 0 Å². The summed E-state index contributed by atoms with van der Waals surface area (Å²) >= 11 is 7.48. The third kappa shape index (κ3) is 4.27. The van der Waals surface area contributed by atoms with E-state index in [4.69, 9.17) is 16.3 Å². The number of thioether (sulfide) groups is 1. The molecule has 1 aliphatic heterocycles. The number of amides is 1. The number of rotatable bonds is 5. The van der Waals surface area contributed by atoms with Crippen molar-refractivity contribution in [3.63, 3.8) is 0 Å². The van der Waals surface area contributed by atoms with E-state index in [1.807, 2.05) is 77.5 Å². The molecule has 0 fully saturated rings. The van der Waals surface area contributed by atoms with Crippen LogP contribution in [0, 0.1) is 0 Å². The smallest absolute Gasteiger partial charge is 0.240 e.